The van der Waals surface area contributed by atoms with Crippen molar-refractivity contribution >= 4 is 10.8 Å². The summed E-state index contributed by atoms with van der Waals surface area (Å²) in [4.78, 5) is 0. The van der Waals surface area contributed by atoms with E-state index >= 15 is 0 Å². The number of hydrogen-bond acceptors (Lipinski definition) is 4. The van der Waals surface area contributed by atoms with Gasteiger partial charge in [-0.25, -0.2) is 0 Å². The Morgan fingerprint density at radius 1 is 1.24 bits per heavy atom. The Hall–Kier alpha value is -1.62. The Balaban J connectivity index is 1.67. The Morgan fingerprint density at radius 2 is 2.05 bits per heavy atom. The lowest BCUT2D eigenvalue weighted by Gasteiger charge is -2.17. The molecule has 0 spiro atoms. The van der Waals surface area contributed by atoms with Crippen LogP contribution < -0.4 is 5.32 Å². The summed E-state index contributed by atoms with van der Waals surface area (Å²) < 4.78 is 11.3. The van der Waals surface area contributed by atoms with Crippen LogP contribution in [0.15, 0.2) is 36.4 Å². The zero-order chi connectivity index (χ0) is 14.9. The van der Waals surface area contributed by atoms with Crippen LogP contribution in [0, 0.1) is 0 Å². The van der Waals surface area contributed by atoms with Crippen LogP contribution in [-0.4, -0.2) is 30.1 Å². The SMILES string of the molecule is CC1(C)OCC(CNCc2c(O)ccc3ccccc23)O1. The van der Waals surface area contributed by atoms with Gasteiger partial charge in [-0.1, -0.05) is 30.3 Å². The van der Waals surface area contributed by atoms with Crippen LogP contribution in [0.2, 0.25) is 0 Å². The molecule has 1 heterocycles. The normalized spacial score (nSPS) is 21.0. The van der Waals surface area contributed by atoms with Gasteiger partial charge in [0.15, 0.2) is 5.79 Å². The first kappa shape index (κ1) is 14.3. The fraction of sp³-hybridized carbons (Fsp3) is 0.412. The molecule has 0 bridgehead atoms. The van der Waals surface area contributed by atoms with E-state index in [1.54, 1.807) is 6.07 Å². The number of nitrogens with one attached hydrogen (secondary N) is 1. The van der Waals surface area contributed by atoms with E-state index < -0.39 is 5.79 Å². The number of fused-ring (bicyclic) bond motifs is 1. The van der Waals surface area contributed by atoms with Gasteiger partial charge in [0.25, 0.3) is 0 Å². The third-order valence-electron chi connectivity index (χ3n) is 3.76. The molecule has 0 aliphatic carbocycles. The maximum Gasteiger partial charge on any atom is 0.163 e. The van der Waals surface area contributed by atoms with Crippen molar-refractivity contribution in [2.45, 2.75) is 32.3 Å². The summed E-state index contributed by atoms with van der Waals surface area (Å²) in [6.45, 7) is 5.74. The lowest BCUT2D eigenvalue weighted by Crippen LogP contribution is -2.30. The summed E-state index contributed by atoms with van der Waals surface area (Å²) in [6, 6.07) is 11.8. The summed E-state index contributed by atoms with van der Waals surface area (Å²) in [5, 5.41) is 15.6. The van der Waals surface area contributed by atoms with E-state index in [4.69, 9.17) is 9.47 Å². The molecule has 0 saturated carbocycles. The van der Waals surface area contributed by atoms with Crippen LogP contribution in [-0.2, 0) is 16.0 Å². The van der Waals surface area contributed by atoms with Gasteiger partial charge < -0.3 is 19.9 Å². The molecule has 2 aromatic carbocycles. The van der Waals surface area contributed by atoms with E-state index in [2.05, 4.69) is 11.4 Å². The molecule has 4 nitrogen and oxygen atoms in total. The first-order valence-corrected chi connectivity index (χ1v) is 7.27. The predicted octanol–water partition coefficient (Wildman–Crippen LogP) is 2.79. The summed E-state index contributed by atoms with van der Waals surface area (Å²) in [6.07, 6.45) is 0.0529. The Kier molecular flexibility index (Phi) is 3.85. The van der Waals surface area contributed by atoms with Crippen molar-refractivity contribution in [1.82, 2.24) is 5.32 Å². The molecule has 0 aromatic heterocycles. The molecular weight excluding hydrogens is 266 g/mol. The number of benzene rings is 2. The fourth-order valence-electron chi connectivity index (χ4n) is 2.73. The minimum absolute atomic E-state index is 0.0529. The monoisotopic (exact) mass is 287 g/mol. The molecule has 0 radical (unpaired) electrons. The molecule has 1 saturated heterocycles. The van der Waals surface area contributed by atoms with Gasteiger partial charge >= 0.3 is 0 Å². The smallest absolute Gasteiger partial charge is 0.163 e. The summed E-state index contributed by atoms with van der Waals surface area (Å²) in [5.74, 6) is -0.168. The molecule has 112 valence electrons. The van der Waals surface area contributed by atoms with Gasteiger partial charge in [0.1, 0.15) is 5.75 Å². The van der Waals surface area contributed by atoms with Crippen molar-refractivity contribution in [3.63, 3.8) is 0 Å². The lowest BCUT2D eigenvalue weighted by molar-refractivity contribution is -0.137. The van der Waals surface area contributed by atoms with Gasteiger partial charge in [-0.2, -0.15) is 0 Å². The maximum absolute atomic E-state index is 10.1. The molecule has 1 aliphatic heterocycles. The lowest BCUT2D eigenvalue weighted by atomic mass is 10.0. The van der Waals surface area contributed by atoms with Crippen LogP contribution in [0.4, 0.5) is 0 Å². The third kappa shape index (κ3) is 3.18. The van der Waals surface area contributed by atoms with E-state index in [0.29, 0.717) is 25.4 Å². The van der Waals surface area contributed by atoms with E-state index in [1.807, 2.05) is 38.1 Å². The second-order valence-electron chi connectivity index (χ2n) is 5.87. The molecule has 2 aromatic rings. The predicted molar refractivity (Wildman–Crippen MR) is 82.2 cm³/mol. The average molecular weight is 287 g/mol. The van der Waals surface area contributed by atoms with Gasteiger partial charge in [0.05, 0.1) is 12.7 Å². The number of phenolic OH excluding ortho intramolecular Hbond substituents is 1. The van der Waals surface area contributed by atoms with Crippen molar-refractivity contribution in [1.29, 1.82) is 0 Å². The van der Waals surface area contributed by atoms with Gasteiger partial charge in [0, 0.05) is 18.7 Å². The fourth-order valence-corrected chi connectivity index (χ4v) is 2.73. The van der Waals surface area contributed by atoms with Crippen molar-refractivity contribution in [3.05, 3.63) is 42.0 Å². The van der Waals surface area contributed by atoms with Crippen LogP contribution in [0.3, 0.4) is 0 Å². The standard InChI is InChI=1S/C17H21NO3/c1-17(2)20-11-13(21-17)9-18-10-15-14-6-4-3-5-12(14)7-8-16(15)19/h3-8,13,18-19H,9-11H2,1-2H3. The van der Waals surface area contributed by atoms with E-state index in [1.165, 1.54) is 0 Å². The zero-order valence-corrected chi connectivity index (χ0v) is 12.4. The minimum atomic E-state index is -0.492. The van der Waals surface area contributed by atoms with Gasteiger partial charge in [-0.05, 0) is 30.7 Å². The van der Waals surface area contributed by atoms with Gasteiger partial charge in [0.2, 0.25) is 0 Å². The largest absolute Gasteiger partial charge is 0.508 e. The number of phenols is 1. The highest BCUT2D eigenvalue weighted by molar-refractivity contribution is 5.87. The summed E-state index contributed by atoms with van der Waals surface area (Å²) in [5.41, 5.74) is 0.922. The Morgan fingerprint density at radius 3 is 2.81 bits per heavy atom. The summed E-state index contributed by atoms with van der Waals surface area (Å²) >= 11 is 0. The average Bonchev–Trinajstić information content (AvgIpc) is 2.81. The molecule has 4 heteroatoms. The van der Waals surface area contributed by atoms with Crippen molar-refractivity contribution < 1.29 is 14.6 Å². The Bertz CT molecular complexity index is 639. The topological polar surface area (TPSA) is 50.7 Å². The zero-order valence-electron chi connectivity index (χ0n) is 12.4. The second-order valence-corrected chi connectivity index (χ2v) is 5.87. The minimum Gasteiger partial charge on any atom is -0.508 e. The summed E-state index contributed by atoms with van der Waals surface area (Å²) in [7, 11) is 0. The van der Waals surface area contributed by atoms with Crippen LogP contribution in [0.1, 0.15) is 19.4 Å². The second kappa shape index (κ2) is 5.64. The molecule has 21 heavy (non-hydrogen) atoms. The first-order chi connectivity index (χ1) is 10.1. The highest BCUT2D eigenvalue weighted by atomic mass is 16.7. The molecule has 1 fully saturated rings. The molecular formula is C17H21NO3. The molecule has 3 rings (SSSR count). The molecule has 1 aliphatic rings. The number of aromatic hydroxyl groups is 1. The number of ether oxygens (including phenoxy) is 2. The van der Waals surface area contributed by atoms with E-state index in [9.17, 15) is 5.11 Å². The molecule has 1 atom stereocenters. The first-order valence-electron chi connectivity index (χ1n) is 7.27. The van der Waals surface area contributed by atoms with Crippen molar-refractivity contribution in [2.75, 3.05) is 13.2 Å². The molecule has 2 N–H and O–H groups in total. The highest BCUT2D eigenvalue weighted by Gasteiger charge is 2.32. The van der Waals surface area contributed by atoms with Gasteiger partial charge in [-0.3, -0.25) is 0 Å². The van der Waals surface area contributed by atoms with Crippen LogP contribution in [0.5, 0.6) is 5.75 Å². The van der Waals surface area contributed by atoms with Crippen LogP contribution in [0.25, 0.3) is 10.8 Å². The van der Waals surface area contributed by atoms with E-state index in [0.717, 1.165) is 16.3 Å². The van der Waals surface area contributed by atoms with E-state index in [-0.39, 0.29) is 6.10 Å². The quantitative estimate of drug-likeness (QED) is 0.908. The van der Waals surface area contributed by atoms with Crippen molar-refractivity contribution in [3.8, 4) is 5.75 Å². The molecule has 1 unspecified atom stereocenters. The van der Waals surface area contributed by atoms with Crippen LogP contribution >= 0.6 is 0 Å². The number of rotatable bonds is 4. The number of hydrogen-bond donors (Lipinski definition) is 2. The highest BCUT2D eigenvalue weighted by Crippen LogP contribution is 2.27. The van der Waals surface area contributed by atoms with Gasteiger partial charge in [-0.15, -0.1) is 0 Å². The van der Waals surface area contributed by atoms with Crippen molar-refractivity contribution in [2.24, 2.45) is 0 Å². The molecule has 0 amide bonds. The third-order valence-corrected chi connectivity index (χ3v) is 3.76. The maximum atomic E-state index is 10.1. The Labute approximate surface area is 124 Å².